The fourth-order valence-corrected chi connectivity index (χ4v) is 2.28. The summed E-state index contributed by atoms with van der Waals surface area (Å²) in [5.41, 5.74) is 9.48. The molecule has 2 N–H and O–H groups in total. The Bertz CT molecular complexity index is 590. The minimum atomic E-state index is -0.386. The van der Waals surface area contributed by atoms with E-state index in [1.165, 1.54) is 16.8 Å². The van der Waals surface area contributed by atoms with Crippen molar-refractivity contribution < 1.29 is 4.79 Å². The Morgan fingerprint density at radius 2 is 1.75 bits per heavy atom. The van der Waals surface area contributed by atoms with E-state index < -0.39 is 0 Å². The highest BCUT2D eigenvalue weighted by Gasteiger charge is 2.08. The lowest BCUT2D eigenvalue weighted by Crippen LogP contribution is -2.22. The minimum Gasteiger partial charge on any atom is -0.367 e. The lowest BCUT2D eigenvalue weighted by atomic mass is 10.1. The monoisotopic (exact) mass is 268 g/mol. The molecule has 0 saturated carbocycles. The highest BCUT2D eigenvalue weighted by atomic mass is 16.1. The number of aryl methyl sites for hydroxylation is 1. The summed E-state index contributed by atoms with van der Waals surface area (Å²) in [5, 5.41) is 0. The van der Waals surface area contributed by atoms with Crippen LogP contribution in [-0.4, -0.2) is 12.5 Å². The maximum Gasteiger partial charge on any atom is 0.248 e. The third kappa shape index (κ3) is 3.18. The summed E-state index contributed by atoms with van der Waals surface area (Å²) >= 11 is 0. The van der Waals surface area contributed by atoms with E-state index in [0.29, 0.717) is 5.56 Å². The molecule has 0 atom stereocenters. The van der Waals surface area contributed by atoms with Gasteiger partial charge in [0.05, 0.1) is 0 Å². The summed E-state index contributed by atoms with van der Waals surface area (Å²) in [6.45, 7) is 6.02. The molecule has 0 radical (unpaired) electrons. The van der Waals surface area contributed by atoms with Crippen molar-refractivity contribution in [1.82, 2.24) is 0 Å². The number of nitrogens with zero attached hydrogens (tertiary/aromatic N) is 1. The summed E-state index contributed by atoms with van der Waals surface area (Å²) in [4.78, 5) is 13.4. The van der Waals surface area contributed by atoms with Crippen LogP contribution in [0.1, 0.15) is 28.4 Å². The largest absolute Gasteiger partial charge is 0.367 e. The third-order valence-electron chi connectivity index (χ3n) is 3.45. The average molecular weight is 268 g/mol. The normalized spacial score (nSPS) is 10.3. The Morgan fingerprint density at radius 1 is 1.10 bits per heavy atom. The maximum atomic E-state index is 11.1. The first-order valence-corrected chi connectivity index (χ1v) is 6.81. The molecule has 0 heterocycles. The van der Waals surface area contributed by atoms with E-state index in [-0.39, 0.29) is 5.91 Å². The van der Waals surface area contributed by atoms with Crippen molar-refractivity contribution in [3.63, 3.8) is 0 Å². The van der Waals surface area contributed by atoms with Gasteiger partial charge in [-0.3, -0.25) is 4.79 Å². The zero-order valence-corrected chi connectivity index (χ0v) is 12.0. The van der Waals surface area contributed by atoms with Gasteiger partial charge in [0.25, 0.3) is 0 Å². The number of hydrogen-bond donors (Lipinski definition) is 1. The van der Waals surface area contributed by atoms with Gasteiger partial charge in [-0.05, 0) is 43.2 Å². The van der Waals surface area contributed by atoms with E-state index in [1.807, 2.05) is 18.2 Å². The number of primary amides is 1. The predicted octanol–water partition coefficient (Wildman–Crippen LogP) is 3.12. The first-order valence-electron chi connectivity index (χ1n) is 6.81. The van der Waals surface area contributed by atoms with Crippen LogP contribution in [0.25, 0.3) is 0 Å². The molecule has 0 bridgehead atoms. The molecule has 3 heteroatoms. The second kappa shape index (κ2) is 6.24. The standard InChI is InChI=1S/C17H20N2O/c1-3-19(16-7-5-4-6-13(16)2)12-14-8-10-15(11-9-14)17(18)20/h4-11H,3,12H2,1-2H3,(H2,18,20). The van der Waals surface area contributed by atoms with Crippen LogP contribution in [0.15, 0.2) is 48.5 Å². The van der Waals surface area contributed by atoms with Crippen molar-refractivity contribution in [1.29, 1.82) is 0 Å². The summed E-state index contributed by atoms with van der Waals surface area (Å²) in [6, 6.07) is 15.8. The zero-order valence-electron chi connectivity index (χ0n) is 12.0. The predicted molar refractivity (Wildman–Crippen MR) is 82.9 cm³/mol. The number of carbonyl (C=O) groups excluding carboxylic acids is 1. The number of benzene rings is 2. The van der Waals surface area contributed by atoms with E-state index in [2.05, 4.69) is 36.9 Å². The molecule has 3 nitrogen and oxygen atoms in total. The molecule has 0 aliphatic heterocycles. The lowest BCUT2D eigenvalue weighted by molar-refractivity contribution is 0.100. The van der Waals surface area contributed by atoms with Crippen LogP contribution in [0.2, 0.25) is 0 Å². The van der Waals surface area contributed by atoms with Crippen molar-refractivity contribution in [2.24, 2.45) is 5.73 Å². The minimum absolute atomic E-state index is 0.386. The van der Waals surface area contributed by atoms with E-state index in [9.17, 15) is 4.79 Å². The summed E-state index contributed by atoms with van der Waals surface area (Å²) in [7, 11) is 0. The second-order valence-corrected chi connectivity index (χ2v) is 4.86. The molecule has 0 aromatic heterocycles. The van der Waals surface area contributed by atoms with Gasteiger partial charge in [-0.1, -0.05) is 30.3 Å². The van der Waals surface area contributed by atoms with Crippen LogP contribution in [-0.2, 0) is 6.54 Å². The van der Waals surface area contributed by atoms with Crippen LogP contribution in [0.5, 0.6) is 0 Å². The Labute approximate surface area is 120 Å². The van der Waals surface area contributed by atoms with Gasteiger partial charge >= 0.3 is 0 Å². The van der Waals surface area contributed by atoms with Crippen LogP contribution >= 0.6 is 0 Å². The number of nitrogens with two attached hydrogens (primary N) is 1. The van der Waals surface area contributed by atoms with Gasteiger partial charge in [-0.2, -0.15) is 0 Å². The van der Waals surface area contributed by atoms with Gasteiger partial charge < -0.3 is 10.6 Å². The van der Waals surface area contributed by atoms with Crippen LogP contribution in [0, 0.1) is 6.92 Å². The second-order valence-electron chi connectivity index (χ2n) is 4.86. The molecule has 20 heavy (non-hydrogen) atoms. The van der Waals surface area contributed by atoms with E-state index in [0.717, 1.165) is 13.1 Å². The first-order chi connectivity index (χ1) is 9.61. The fraction of sp³-hybridized carbons (Fsp3) is 0.235. The molecule has 0 unspecified atom stereocenters. The van der Waals surface area contributed by atoms with Crippen molar-refractivity contribution >= 4 is 11.6 Å². The Hall–Kier alpha value is -2.29. The number of hydrogen-bond acceptors (Lipinski definition) is 2. The summed E-state index contributed by atoms with van der Waals surface area (Å²) in [5.74, 6) is -0.386. The molecule has 2 aromatic rings. The number of anilines is 1. The molecular formula is C17H20N2O. The van der Waals surface area contributed by atoms with Crippen molar-refractivity contribution in [2.45, 2.75) is 20.4 Å². The Kier molecular flexibility index (Phi) is 4.41. The van der Waals surface area contributed by atoms with Crippen molar-refractivity contribution in [3.8, 4) is 0 Å². The smallest absolute Gasteiger partial charge is 0.248 e. The molecule has 0 spiro atoms. The summed E-state index contributed by atoms with van der Waals surface area (Å²) < 4.78 is 0. The van der Waals surface area contributed by atoms with Crippen LogP contribution < -0.4 is 10.6 Å². The number of para-hydroxylation sites is 1. The quantitative estimate of drug-likeness (QED) is 0.905. The Morgan fingerprint density at radius 3 is 2.30 bits per heavy atom. The molecule has 0 fully saturated rings. The molecule has 0 aliphatic rings. The number of amides is 1. The molecule has 0 aliphatic carbocycles. The highest BCUT2D eigenvalue weighted by molar-refractivity contribution is 5.92. The van der Waals surface area contributed by atoms with Crippen LogP contribution in [0.4, 0.5) is 5.69 Å². The van der Waals surface area contributed by atoms with Gasteiger partial charge in [0.15, 0.2) is 0 Å². The average Bonchev–Trinajstić information content (AvgIpc) is 2.46. The van der Waals surface area contributed by atoms with Gasteiger partial charge in [0.1, 0.15) is 0 Å². The molecule has 0 saturated heterocycles. The van der Waals surface area contributed by atoms with Gasteiger partial charge in [0, 0.05) is 24.3 Å². The SMILES string of the molecule is CCN(Cc1ccc(C(N)=O)cc1)c1ccccc1C. The van der Waals surface area contributed by atoms with Crippen molar-refractivity contribution in [3.05, 3.63) is 65.2 Å². The van der Waals surface area contributed by atoms with E-state index >= 15 is 0 Å². The maximum absolute atomic E-state index is 11.1. The molecular weight excluding hydrogens is 248 g/mol. The van der Waals surface area contributed by atoms with Crippen LogP contribution in [0.3, 0.4) is 0 Å². The fourth-order valence-electron chi connectivity index (χ4n) is 2.28. The molecule has 2 aromatic carbocycles. The van der Waals surface area contributed by atoms with Gasteiger partial charge in [0.2, 0.25) is 5.91 Å². The molecule has 1 amide bonds. The zero-order chi connectivity index (χ0) is 14.5. The Balaban J connectivity index is 2.18. The topological polar surface area (TPSA) is 46.3 Å². The third-order valence-corrected chi connectivity index (χ3v) is 3.45. The lowest BCUT2D eigenvalue weighted by Gasteiger charge is -2.25. The van der Waals surface area contributed by atoms with Gasteiger partial charge in [-0.25, -0.2) is 0 Å². The van der Waals surface area contributed by atoms with E-state index in [4.69, 9.17) is 5.73 Å². The van der Waals surface area contributed by atoms with Crippen molar-refractivity contribution in [2.75, 3.05) is 11.4 Å². The number of rotatable bonds is 5. The number of carbonyl (C=O) groups is 1. The molecule has 104 valence electrons. The first kappa shape index (κ1) is 14.1. The highest BCUT2D eigenvalue weighted by Crippen LogP contribution is 2.21. The van der Waals surface area contributed by atoms with E-state index in [1.54, 1.807) is 12.1 Å². The molecule has 2 rings (SSSR count). The summed E-state index contributed by atoms with van der Waals surface area (Å²) in [6.07, 6.45) is 0. The van der Waals surface area contributed by atoms with Gasteiger partial charge in [-0.15, -0.1) is 0 Å².